The van der Waals surface area contributed by atoms with E-state index >= 15 is 0 Å². The molecule has 182 valence electrons. The van der Waals surface area contributed by atoms with Crippen LogP contribution in [0.2, 0.25) is 0 Å². The van der Waals surface area contributed by atoms with Gasteiger partial charge in [0.1, 0.15) is 5.65 Å². The van der Waals surface area contributed by atoms with Crippen molar-refractivity contribution in [3.8, 4) is 16.9 Å². The summed E-state index contributed by atoms with van der Waals surface area (Å²) < 4.78 is 42.0. The fraction of sp³-hybridized carbons (Fsp3) is 0.115. The summed E-state index contributed by atoms with van der Waals surface area (Å²) in [6.07, 6.45) is 7.18. The first-order valence-corrected chi connectivity index (χ1v) is 11.8. The minimum absolute atomic E-state index is 0.0450. The lowest BCUT2D eigenvalue weighted by Gasteiger charge is -2.15. The summed E-state index contributed by atoms with van der Waals surface area (Å²) in [5.41, 5.74) is 1.44. The van der Waals surface area contributed by atoms with Crippen LogP contribution >= 0.6 is 11.8 Å². The van der Waals surface area contributed by atoms with Gasteiger partial charge in [-0.1, -0.05) is 12.1 Å². The molecule has 3 heterocycles. The van der Waals surface area contributed by atoms with Crippen LogP contribution < -0.4 is 5.32 Å². The molecule has 1 amide bonds. The van der Waals surface area contributed by atoms with Crippen LogP contribution in [0.1, 0.15) is 21.5 Å². The highest BCUT2D eigenvalue weighted by molar-refractivity contribution is 8.00. The summed E-state index contributed by atoms with van der Waals surface area (Å²) in [5.74, 6) is -0.488. The topological polar surface area (TPSA) is 64.2 Å². The van der Waals surface area contributed by atoms with E-state index in [2.05, 4.69) is 15.4 Å². The number of pyridine rings is 1. The Morgan fingerprint density at radius 3 is 2.58 bits per heavy atom. The van der Waals surface area contributed by atoms with Gasteiger partial charge in [-0.05, 0) is 73.1 Å². The Kier molecular flexibility index (Phi) is 6.05. The molecule has 0 bridgehead atoms. The summed E-state index contributed by atoms with van der Waals surface area (Å²) >= 11 is -0.250. The third kappa shape index (κ3) is 4.85. The summed E-state index contributed by atoms with van der Waals surface area (Å²) in [4.78, 5) is 17.0. The number of aromatic nitrogens is 4. The molecule has 1 N–H and O–H groups in total. The molecule has 0 saturated carbocycles. The number of nitrogens with one attached hydrogen (secondary N) is 1. The number of imidazole rings is 1. The number of hydrogen-bond acceptors (Lipinski definition) is 4. The van der Waals surface area contributed by atoms with Crippen LogP contribution in [0.25, 0.3) is 22.6 Å². The predicted molar refractivity (Wildman–Crippen MR) is 134 cm³/mol. The molecule has 0 saturated heterocycles. The number of anilines is 1. The number of benzene rings is 2. The lowest BCUT2D eigenvalue weighted by Crippen LogP contribution is -2.13. The number of alkyl halides is 3. The van der Waals surface area contributed by atoms with Gasteiger partial charge < -0.3 is 5.32 Å². The molecule has 10 heteroatoms. The number of hydrogen-bond donors (Lipinski definition) is 1. The standard InChI is InChI=1S/C26H20F3N5OS/c1-16-11-17(2)23(33-9-10-34-24(33)14-22(32-34)19-6-4-8-30-15-19)13-21(16)31-25(35)18-5-3-7-20(12-18)36-26(27,28)29/h3-15H,1-2H3,(H,31,35). The molecule has 0 radical (unpaired) electrons. The highest BCUT2D eigenvalue weighted by atomic mass is 32.2. The van der Waals surface area contributed by atoms with Crippen LogP contribution in [-0.2, 0) is 0 Å². The van der Waals surface area contributed by atoms with E-state index < -0.39 is 11.4 Å². The third-order valence-electron chi connectivity index (χ3n) is 5.66. The van der Waals surface area contributed by atoms with Crippen LogP contribution in [0.5, 0.6) is 0 Å². The summed E-state index contributed by atoms with van der Waals surface area (Å²) in [5, 5.41) is 7.48. The molecule has 5 rings (SSSR count). The largest absolute Gasteiger partial charge is 0.446 e. The van der Waals surface area contributed by atoms with Crippen LogP contribution in [0, 0.1) is 13.8 Å². The van der Waals surface area contributed by atoms with Gasteiger partial charge in [-0.2, -0.15) is 18.3 Å². The Bertz CT molecular complexity index is 1570. The van der Waals surface area contributed by atoms with Gasteiger partial charge in [0, 0.05) is 52.6 Å². The molecule has 0 fully saturated rings. The smallest absolute Gasteiger partial charge is 0.322 e. The molecule has 0 atom stereocenters. The van der Waals surface area contributed by atoms with Crippen LogP contribution in [0.3, 0.4) is 0 Å². The molecular weight excluding hydrogens is 487 g/mol. The molecule has 0 spiro atoms. The van der Waals surface area contributed by atoms with E-state index in [-0.39, 0.29) is 22.2 Å². The number of carbonyl (C=O) groups excluding carboxylic acids is 1. The van der Waals surface area contributed by atoms with Crippen molar-refractivity contribution in [1.82, 2.24) is 19.2 Å². The second kappa shape index (κ2) is 9.19. The van der Waals surface area contributed by atoms with Crippen LogP contribution in [-0.4, -0.2) is 30.6 Å². The molecule has 3 aromatic heterocycles. The van der Waals surface area contributed by atoms with Crippen LogP contribution in [0.4, 0.5) is 18.9 Å². The lowest BCUT2D eigenvalue weighted by molar-refractivity contribution is -0.0328. The number of fused-ring (bicyclic) bond motifs is 1. The van der Waals surface area contributed by atoms with Crippen LogP contribution in [0.15, 0.2) is 84.3 Å². The Labute approximate surface area is 208 Å². The number of halogens is 3. The van der Waals surface area contributed by atoms with E-state index in [0.29, 0.717) is 5.69 Å². The lowest BCUT2D eigenvalue weighted by atomic mass is 10.1. The maximum absolute atomic E-state index is 12.9. The van der Waals surface area contributed by atoms with Gasteiger partial charge in [0.15, 0.2) is 0 Å². The molecule has 0 aliphatic heterocycles. The van der Waals surface area contributed by atoms with Gasteiger partial charge in [-0.25, -0.2) is 4.52 Å². The quantitative estimate of drug-likeness (QED) is 0.270. The van der Waals surface area contributed by atoms with Gasteiger partial charge in [0.2, 0.25) is 0 Å². The van der Waals surface area contributed by atoms with Gasteiger partial charge in [0.05, 0.1) is 11.4 Å². The normalized spacial score (nSPS) is 11.7. The average Bonchev–Trinajstić information content (AvgIpc) is 3.42. The number of thioether (sulfide) groups is 1. The van der Waals surface area contributed by atoms with E-state index in [0.717, 1.165) is 33.7 Å². The molecule has 0 aliphatic rings. The SMILES string of the molecule is Cc1cc(C)c(-n2ccn3nc(-c4cccnc4)cc23)cc1NC(=O)c1cccc(SC(F)(F)F)c1. The van der Waals surface area contributed by atoms with Crippen molar-refractivity contribution in [2.75, 3.05) is 5.32 Å². The number of amides is 1. The Morgan fingerprint density at radius 2 is 1.83 bits per heavy atom. The van der Waals surface area contributed by atoms with Crippen molar-refractivity contribution in [2.24, 2.45) is 0 Å². The minimum atomic E-state index is -4.43. The van der Waals surface area contributed by atoms with Gasteiger partial charge >= 0.3 is 5.51 Å². The van der Waals surface area contributed by atoms with E-state index in [1.165, 1.54) is 24.3 Å². The molecule has 0 unspecified atom stereocenters. The first-order valence-electron chi connectivity index (χ1n) is 10.9. The average molecular weight is 508 g/mol. The fourth-order valence-electron chi connectivity index (χ4n) is 4.00. The highest BCUT2D eigenvalue weighted by Gasteiger charge is 2.29. The van der Waals surface area contributed by atoms with Gasteiger partial charge in [0.25, 0.3) is 5.91 Å². The zero-order chi connectivity index (χ0) is 25.4. The number of rotatable bonds is 5. The first-order chi connectivity index (χ1) is 17.2. The third-order valence-corrected chi connectivity index (χ3v) is 6.38. The minimum Gasteiger partial charge on any atom is -0.322 e. The number of aryl methyl sites for hydroxylation is 2. The van der Waals surface area contributed by atoms with Crippen molar-refractivity contribution >= 4 is 29.0 Å². The summed E-state index contributed by atoms with van der Waals surface area (Å²) in [6, 6.07) is 15.0. The molecule has 0 aliphatic carbocycles. The Balaban J connectivity index is 1.47. The first kappa shape index (κ1) is 23.7. The van der Waals surface area contributed by atoms with E-state index in [1.54, 1.807) is 16.9 Å². The monoisotopic (exact) mass is 507 g/mol. The number of carbonyl (C=O) groups is 1. The number of nitrogens with zero attached hydrogens (tertiary/aromatic N) is 4. The second-order valence-corrected chi connectivity index (χ2v) is 9.36. The molecular formula is C26H20F3N5OS. The van der Waals surface area contributed by atoms with Gasteiger partial charge in [-0.15, -0.1) is 0 Å². The van der Waals surface area contributed by atoms with E-state index in [4.69, 9.17) is 0 Å². The molecule has 5 aromatic rings. The van der Waals surface area contributed by atoms with Crippen molar-refractivity contribution in [3.05, 3.63) is 96.1 Å². The molecule has 6 nitrogen and oxygen atoms in total. The molecule has 2 aromatic carbocycles. The van der Waals surface area contributed by atoms with Crippen molar-refractivity contribution < 1.29 is 18.0 Å². The maximum Gasteiger partial charge on any atom is 0.446 e. The summed E-state index contributed by atoms with van der Waals surface area (Å²) in [6.45, 7) is 3.84. The molecule has 36 heavy (non-hydrogen) atoms. The Morgan fingerprint density at radius 1 is 1.00 bits per heavy atom. The zero-order valence-electron chi connectivity index (χ0n) is 19.2. The highest BCUT2D eigenvalue weighted by Crippen LogP contribution is 2.37. The zero-order valence-corrected chi connectivity index (χ0v) is 20.1. The van der Waals surface area contributed by atoms with Gasteiger partial charge in [-0.3, -0.25) is 14.3 Å². The van der Waals surface area contributed by atoms with E-state index in [1.807, 2.05) is 61.1 Å². The predicted octanol–water partition coefficient (Wildman–Crippen LogP) is 6.67. The maximum atomic E-state index is 12.9. The fourth-order valence-corrected chi connectivity index (χ4v) is 4.60. The Hall–Kier alpha value is -4.05. The summed E-state index contributed by atoms with van der Waals surface area (Å²) in [7, 11) is 0. The van der Waals surface area contributed by atoms with Crippen molar-refractivity contribution in [1.29, 1.82) is 0 Å². The van der Waals surface area contributed by atoms with Crippen molar-refractivity contribution in [3.63, 3.8) is 0 Å². The van der Waals surface area contributed by atoms with E-state index in [9.17, 15) is 18.0 Å². The second-order valence-electron chi connectivity index (χ2n) is 8.23. The van der Waals surface area contributed by atoms with Crippen molar-refractivity contribution in [2.45, 2.75) is 24.3 Å².